The quantitative estimate of drug-likeness (QED) is 0.778. The number of amides is 1. The van der Waals surface area contributed by atoms with Crippen LogP contribution in [0.25, 0.3) is 11.0 Å². The molecule has 7 heteroatoms. The van der Waals surface area contributed by atoms with E-state index < -0.39 is 0 Å². The van der Waals surface area contributed by atoms with Crippen molar-refractivity contribution in [1.82, 2.24) is 19.6 Å². The molecule has 3 aromatic rings. The monoisotopic (exact) mass is 328 g/mol. The standard InChI is InChI=1S/C17H20N4O3/c1-4-13-12(10-24-19-13)9-20(3)16(22)11-6-7-15-14(8-11)18-17(23)21(15)5-2/h6-8,10H,4-5,9H2,1-3H3,(H,18,23). The van der Waals surface area contributed by atoms with Gasteiger partial charge in [-0.1, -0.05) is 12.1 Å². The molecule has 0 unspecified atom stereocenters. The summed E-state index contributed by atoms with van der Waals surface area (Å²) < 4.78 is 6.62. The molecule has 1 N–H and O–H groups in total. The number of fused-ring (bicyclic) bond motifs is 1. The SMILES string of the molecule is CCc1nocc1CN(C)C(=O)c1ccc2c(c1)[nH]c(=O)n2CC. The third-order valence-electron chi connectivity index (χ3n) is 4.15. The first-order chi connectivity index (χ1) is 11.5. The topological polar surface area (TPSA) is 84.1 Å². The lowest BCUT2D eigenvalue weighted by atomic mass is 10.1. The maximum atomic E-state index is 12.7. The van der Waals surface area contributed by atoms with Gasteiger partial charge in [-0.05, 0) is 31.5 Å². The number of benzene rings is 1. The van der Waals surface area contributed by atoms with Crippen LogP contribution in [0.1, 0.15) is 35.5 Å². The van der Waals surface area contributed by atoms with Crippen LogP contribution in [0.15, 0.2) is 33.8 Å². The van der Waals surface area contributed by atoms with E-state index in [1.165, 1.54) is 0 Å². The smallest absolute Gasteiger partial charge is 0.326 e. The number of imidazole rings is 1. The molecular formula is C17H20N4O3. The molecule has 1 aromatic carbocycles. The van der Waals surface area contributed by atoms with E-state index in [9.17, 15) is 9.59 Å². The second-order valence-electron chi connectivity index (χ2n) is 5.71. The van der Waals surface area contributed by atoms with E-state index in [4.69, 9.17) is 4.52 Å². The molecule has 7 nitrogen and oxygen atoms in total. The average molecular weight is 328 g/mol. The van der Waals surface area contributed by atoms with E-state index in [-0.39, 0.29) is 11.6 Å². The summed E-state index contributed by atoms with van der Waals surface area (Å²) in [6, 6.07) is 5.26. The number of aromatic amines is 1. The van der Waals surface area contributed by atoms with Gasteiger partial charge in [0.15, 0.2) is 0 Å². The van der Waals surface area contributed by atoms with E-state index in [0.717, 1.165) is 23.2 Å². The van der Waals surface area contributed by atoms with E-state index in [1.807, 2.05) is 13.8 Å². The van der Waals surface area contributed by atoms with Crippen LogP contribution in [-0.2, 0) is 19.5 Å². The summed E-state index contributed by atoms with van der Waals surface area (Å²) in [6.45, 7) is 4.91. The van der Waals surface area contributed by atoms with Crippen molar-refractivity contribution < 1.29 is 9.32 Å². The Bertz CT molecular complexity index is 935. The van der Waals surface area contributed by atoms with Crippen molar-refractivity contribution in [3.63, 3.8) is 0 Å². The van der Waals surface area contributed by atoms with Crippen molar-refractivity contribution in [2.75, 3.05) is 7.05 Å². The number of aromatic nitrogens is 3. The first-order valence-corrected chi connectivity index (χ1v) is 7.95. The summed E-state index contributed by atoms with van der Waals surface area (Å²) in [4.78, 5) is 28.9. The third-order valence-corrected chi connectivity index (χ3v) is 4.15. The Labute approximate surface area is 138 Å². The number of carbonyl (C=O) groups excluding carboxylic acids is 1. The molecule has 0 bridgehead atoms. The number of aryl methyl sites for hydroxylation is 2. The molecule has 0 aliphatic rings. The molecule has 0 aliphatic heterocycles. The van der Waals surface area contributed by atoms with Gasteiger partial charge in [0, 0.05) is 24.7 Å². The van der Waals surface area contributed by atoms with E-state index in [2.05, 4.69) is 10.1 Å². The molecule has 0 spiro atoms. The van der Waals surface area contributed by atoms with Crippen molar-refractivity contribution in [2.24, 2.45) is 0 Å². The molecule has 3 rings (SSSR count). The molecular weight excluding hydrogens is 308 g/mol. The van der Waals surface area contributed by atoms with Crippen LogP contribution >= 0.6 is 0 Å². The van der Waals surface area contributed by atoms with Gasteiger partial charge in [-0.2, -0.15) is 0 Å². The van der Waals surface area contributed by atoms with Gasteiger partial charge in [0.2, 0.25) is 0 Å². The molecule has 2 aromatic heterocycles. The lowest BCUT2D eigenvalue weighted by molar-refractivity contribution is 0.0785. The molecule has 0 fully saturated rings. The Balaban J connectivity index is 1.86. The highest BCUT2D eigenvalue weighted by atomic mass is 16.5. The van der Waals surface area contributed by atoms with Crippen LogP contribution < -0.4 is 5.69 Å². The van der Waals surface area contributed by atoms with Gasteiger partial charge in [0.05, 0.1) is 23.3 Å². The largest absolute Gasteiger partial charge is 0.364 e. The summed E-state index contributed by atoms with van der Waals surface area (Å²) in [6.07, 6.45) is 2.33. The number of H-pyrrole nitrogens is 1. The number of nitrogens with zero attached hydrogens (tertiary/aromatic N) is 3. The molecule has 24 heavy (non-hydrogen) atoms. The maximum absolute atomic E-state index is 12.7. The second-order valence-corrected chi connectivity index (χ2v) is 5.71. The molecule has 1 amide bonds. The molecule has 0 saturated heterocycles. The third kappa shape index (κ3) is 2.73. The fourth-order valence-electron chi connectivity index (χ4n) is 2.86. The molecule has 0 atom stereocenters. The van der Waals surface area contributed by atoms with E-state index in [1.54, 1.807) is 41.0 Å². The minimum absolute atomic E-state index is 0.120. The Morgan fingerprint density at radius 2 is 2.17 bits per heavy atom. The minimum atomic E-state index is -0.164. The highest BCUT2D eigenvalue weighted by Crippen LogP contribution is 2.16. The maximum Gasteiger partial charge on any atom is 0.326 e. The van der Waals surface area contributed by atoms with E-state index in [0.29, 0.717) is 24.2 Å². The zero-order chi connectivity index (χ0) is 17.3. The van der Waals surface area contributed by atoms with Gasteiger partial charge in [0.1, 0.15) is 6.26 Å². The number of rotatable bonds is 5. The van der Waals surface area contributed by atoms with Gasteiger partial charge in [-0.15, -0.1) is 0 Å². The molecule has 0 radical (unpaired) electrons. The summed E-state index contributed by atoms with van der Waals surface area (Å²) in [7, 11) is 1.74. The van der Waals surface area contributed by atoms with Crippen molar-refractivity contribution in [1.29, 1.82) is 0 Å². The summed E-state index contributed by atoms with van der Waals surface area (Å²) in [5.74, 6) is -0.120. The van der Waals surface area contributed by atoms with Crippen molar-refractivity contribution >= 4 is 16.9 Å². The van der Waals surface area contributed by atoms with Gasteiger partial charge in [0.25, 0.3) is 5.91 Å². The molecule has 0 aliphatic carbocycles. The number of hydrogen-bond donors (Lipinski definition) is 1. The van der Waals surface area contributed by atoms with E-state index >= 15 is 0 Å². The van der Waals surface area contributed by atoms with Gasteiger partial charge in [-0.3, -0.25) is 9.36 Å². The lowest BCUT2D eigenvalue weighted by Gasteiger charge is -2.16. The molecule has 126 valence electrons. The molecule has 2 heterocycles. The number of nitrogens with one attached hydrogen (secondary N) is 1. The highest BCUT2D eigenvalue weighted by molar-refractivity contribution is 5.97. The Morgan fingerprint density at radius 1 is 1.38 bits per heavy atom. The van der Waals surface area contributed by atoms with Crippen LogP contribution in [0.3, 0.4) is 0 Å². The number of hydrogen-bond acceptors (Lipinski definition) is 4. The van der Waals surface area contributed by atoms with Crippen molar-refractivity contribution in [2.45, 2.75) is 33.4 Å². The fraction of sp³-hybridized carbons (Fsp3) is 0.353. The average Bonchev–Trinajstić information content (AvgIpc) is 3.15. The number of carbonyl (C=O) groups is 1. The normalized spacial score (nSPS) is 11.1. The van der Waals surface area contributed by atoms with Gasteiger partial charge in [-0.25, -0.2) is 4.79 Å². The van der Waals surface area contributed by atoms with Crippen LogP contribution in [0.5, 0.6) is 0 Å². The summed E-state index contributed by atoms with van der Waals surface area (Å²) in [5, 5.41) is 3.93. The van der Waals surface area contributed by atoms with Gasteiger partial charge < -0.3 is 14.4 Å². The zero-order valence-corrected chi connectivity index (χ0v) is 14.0. The Kier molecular flexibility index (Phi) is 4.24. The Hall–Kier alpha value is -2.83. The van der Waals surface area contributed by atoms with Gasteiger partial charge >= 0.3 is 5.69 Å². The summed E-state index contributed by atoms with van der Waals surface area (Å²) in [5.41, 5.74) is 3.59. The van der Waals surface area contributed by atoms with Crippen molar-refractivity contribution in [3.8, 4) is 0 Å². The lowest BCUT2D eigenvalue weighted by Crippen LogP contribution is -2.26. The predicted octanol–water partition coefficient (Wildman–Crippen LogP) is 2.17. The first-order valence-electron chi connectivity index (χ1n) is 7.95. The van der Waals surface area contributed by atoms with Crippen LogP contribution in [0, 0.1) is 0 Å². The Morgan fingerprint density at radius 3 is 2.88 bits per heavy atom. The highest BCUT2D eigenvalue weighted by Gasteiger charge is 2.16. The minimum Gasteiger partial charge on any atom is -0.364 e. The second kappa shape index (κ2) is 6.35. The first kappa shape index (κ1) is 16.0. The summed E-state index contributed by atoms with van der Waals surface area (Å²) >= 11 is 0. The van der Waals surface area contributed by atoms with Crippen LogP contribution in [-0.4, -0.2) is 32.6 Å². The molecule has 0 saturated carbocycles. The van der Waals surface area contributed by atoms with Crippen LogP contribution in [0.4, 0.5) is 0 Å². The zero-order valence-electron chi connectivity index (χ0n) is 14.0. The fourth-order valence-corrected chi connectivity index (χ4v) is 2.86. The predicted molar refractivity (Wildman–Crippen MR) is 89.9 cm³/mol. The van der Waals surface area contributed by atoms with Crippen LogP contribution in [0.2, 0.25) is 0 Å². The van der Waals surface area contributed by atoms with Crippen molar-refractivity contribution in [3.05, 3.63) is 51.8 Å².